The van der Waals surface area contributed by atoms with E-state index in [0.29, 0.717) is 25.0 Å². The van der Waals surface area contributed by atoms with E-state index in [1.54, 1.807) is 6.92 Å². The fourth-order valence-corrected chi connectivity index (χ4v) is 3.99. The number of halogens is 2. The zero-order chi connectivity index (χ0) is 15.8. The number of imide groups is 1. The molecule has 2 amide bonds. The minimum atomic E-state index is -1.33. The zero-order valence-electron chi connectivity index (χ0n) is 11.5. The number of rotatable bonds is 3. The molecule has 2 N–H and O–H groups in total. The Morgan fingerprint density at radius 2 is 2.24 bits per heavy atom. The van der Waals surface area contributed by atoms with Crippen molar-refractivity contribution in [3.05, 3.63) is 12.2 Å². The maximum atomic E-state index is 11.6. The Morgan fingerprint density at radius 1 is 1.62 bits per heavy atom. The van der Waals surface area contributed by atoms with Crippen molar-refractivity contribution >= 4 is 39.5 Å². The zero-order valence-corrected chi connectivity index (χ0v) is 13.9. The highest BCUT2D eigenvalue weighted by Gasteiger charge is 2.68. The lowest BCUT2D eigenvalue weighted by Crippen LogP contribution is -2.61. The lowest BCUT2D eigenvalue weighted by Gasteiger charge is -2.45. The summed E-state index contributed by atoms with van der Waals surface area (Å²) >= 11 is 8.70. The summed E-state index contributed by atoms with van der Waals surface area (Å²) in [5.74, 6) is -0.967. The summed E-state index contributed by atoms with van der Waals surface area (Å²) < 4.78 is 10.7. The van der Waals surface area contributed by atoms with Crippen LogP contribution in [-0.4, -0.2) is 51.7 Å². The quantitative estimate of drug-likeness (QED) is 0.438. The molecule has 2 rings (SSSR count). The number of carbonyl (C=O) groups is 2. The summed E-state index contributed by atoms with van der Waals surface area (Å²) in [6.07, 6.45) is -0.440. The molecule has 8 heteroatoms. The van der Waals surface area contributed by atoms with Gasteiger partial charge >= 0.3 is 6.09 Å². The van der Waals surface area contributed by atoms with Gasteiger partial charge in [0.15, 0.2) is 0 Å². The molecule has 1 saturated carbocycles. The number of carbonyl (C=O) groups excluding carboxylic acids is 2. The van der Waals surface area contributed by atoms with Crippen LogP contribution in [0.4, 0.5) is 4.79 Å². The number of aliphatic hydroxyl groups is 1. The highest BCUT2D eigenvalue weighted by Crippen LogP contribution is 2.54. The number of hydrogen-bond donors (Lipinski definition) is 2. The van der Waals surface area contributed by atoms with Crippen LogP contribution in [0.3, 0.4) is 0 Å². The van der Waals surface area contributed by atoms with E-state index < -0.39 is 34.1 Å². The van der Waals surface area contributed by atoms with Crippen LogP contribution in [0.1, 0.15) is 19.8 Å². The second kappa shape index (κ2) is 5.87. The van der Waals surface area contributed by atoms with Crippen LogP contribution in [0.15, 0.2) is 12.2 Å². The molecule has 0 aromatic carbocycles. The molecule has 21 heavy (non-hydrogen) atoms. The van der Waals surface area contributed by atoms with Gasteiger partial charge in [-0.15, -0.1) is 11.6 Å². The molecule has 6 nitrogen and oxygen atoms in total. The van der Waals surface area contributed by atoms with E-state index in [9.17, 15) is 14.7 Å². The van der Waals surface area contributed by atoms with Gasteiger partial charge in [-0.3, -0.25) is 10.1 Å². The molecule has 2 aliphatic rings. The maximum absolute atomic E-state index is 11.6. The van der Waals surface area contributed by atoms with Crippen LogP contribution in [-0.2, 0) is 14.3 Å². The lowest BCUT2D eigenvalue weighted by atomic mass is 9.70. The molecule has 0 radical (unpaired) electrons. The van der Waals surface area contributed by atoms with E-state index >= 15 is 0 Å². The van der Waals surface area contributed by atoms with E-state index in [2.05, 4.69) is 22.5 Å². The van der Waals surface area contributed by atoms with Crippen molar-refractivity contribution in [1.82, 2.24) is 5.32 Å². The molecule has 2 fully saturated rings. The summed E-state index contributed by atoms with van der Waals surface area (Å²) in [4.78, 5) is 22.1. The van der Waals surface area contributed by atoms with Crippen LogP contribution in [0.25, 0.3) is 0 Å². The van der Waals surface area contributed by atoms with Crippen molar-refractivity contribution in [2.24, 2.45) is 0 Å². The predicted molar refractivity (Wildman–Crippen MR) is 79.5 cm³/mol. The Labute approximate surface area is 135 Å². The van der Waals surface area contributed by atoms with E-state index in [4.69, 9.17) is 21.1 Å². The summed E-state index contributed by atoms with van der Waals surface area (Å²) in [5, 5.41) is 12.9. The topological polar surface area (TPSA) is 88.2 Å². The van der Waals surface area contributed by atoms with Gasteiger partial charge in [0.1, 0.15) is 23.2 Å². The number of alkyl carbamates (subject to hydrolysis) is 1. The maximum Gasteiger partial charge on any atom is 0.414 e. The molecule has 118 valence electrons. The third kappa shape index (κ3) is 2.84. The van der Waals surface area contributed by atoms with Gasteiger partial charge in [0.25, 0.3) is 0 Å². The van der Waals surface area contributed by atoms with Gasteiger partial charge in [0.05, 0.1) is 11.4 Å². The molecule has 0 aromatic heterocycles. The Hall–Kier alpha value is -0.630. The number of amides is 2. The normalized spacial score (nSPS) is 37.9. The Balaban J connectivity index is 2.08. The van der Waals surface area contributed by atoms with Gasteiger partial charge in [-0.05, 0) is 25.3 Å². The van der Waals surface area contributed by atoms with Crippen LogP contribution in [0, 0.1) is 0 Å². The first kappa shape index (κ1) is 16.7. The number of epoxide rings is 1. The Kier molecular flexibility index (Phi) is 4.68. The van der Waals surface area contributed by atoms with Gasteiger partial charge in [-0.1, -0.05) is 22.5 Å². The summed E-state index contributed by atoms with van der Waals surface area (Å²) in [7, 11) is 0. The standard InChI is InChI=1S/C13H17BrClNO5/c1-7(2)13(19)10(14)8(3-4-12(13)6-20-12)21-11(18)16-9(17)5-15/h8,10,19H,1,3-6H2,2H3,(H,16,17,18). The minimum Gasteiger partial charge on any atom is -0.445 e. The summed E-state index contributed by atoms with van der Waals surface area (Å²) in [6, 6.07) is 0. The van der Waals surface area contributed by atoms with Crippen molar-refractivity contribution in [2.45, 2.75) is 41.9 Å². The second-order valence-corrected chi connectivity index (χ2v) is 6.65. The molecule has 1 aliphatic carbocycles. The van der Waals surface area contributed by atoms with Crippen molar-refractivity contribution < 1.29 is 24.2 Å². The van der Waals surface area contributed by atoms with Crippen LogP contribution in [0.2, 0.25) is 0 Å². The van der Waals surface area contributed by atoms with E-state index in [0.717, 1.165) is 0 Å². The second-order valence-electron chi connectivity index (χ2n) is 5.40. The monoisotopic (exact) mass is 381 g/mol. The molecule has 1 heterocycles. The average molecular weight is 383 g/mol. The fourth-order valence-electron chi connectivity index (χ4n) is 2.74. The smallest absolute Gasteiger partial charge is 0.414 e. The van der Waals surface area contributed by atoms with Crippen LogP contribution < -0.4 is 5.32 Å². The molecule has 1 spiro atoms. The predicted octanol–water partition coefficient (Wildman–Crippen LogP) is 1.48. The Morgan fingerprint density at radius 3 is 2.71 bits per heavy atom. The molecule has 0 bridgehead atoms. The Bertz CT molecular complexity index is 481. The molecule has 4 unspecified atom stereocenters. The SMILES string of the molecule is C=C(C)C1(O)C(Br)C(OC(=O)NC(=O)CCl)CCC12CO2. The highest BCUT2D eigenvalue weighted by molar-refractivity contribution is 9.09. The largest absolute Gasteiger partial charge is 0.445 e. The van der Waals surface area contributed by atoms with Gasteiger partial charge in [0, 0.05) is 0 Å². The molecule has 4 atom stereocenters. The minimum absolute atomic E-state index is 0.329. The summed E-state index contributed by atoms with van der Waals surface area (Å²) in [5.41, 5.74) is -1.45. The van der Waals surface area contributed by atoms with Crippen LogP contribution in [0.5, 0.6) is 0 Å². The van der Waals surface area contributed by atoms with Gasteiger partial charge in [0.2, 0.25) is 5.91 Å². The highest BCUT2D eigenvalue weighted by atomic mass is 79.9. The van der Waals surface area contributed by atoms with E-state index in [1.807, 2.05) is 5.32 Å². The van der Waals surface area contributed by atoms with Crippen molar-refractivity contribution in [2.75, 3.05) is 12.5 Å². The van der Waals surface area contributed by atoms with Crippen molar-refractivity contribution in [1.29, 1.82) is 0 Å². The van der Waals surface area contributed by atoms with E-state index in [-0.39, 0.29) is 5.88 Å². The molecule has 1 aliphatic heterocycles. The first-order valence-electron chi connectivity index (χ1n) is 6.49. The van der Waals surface area contributed by atoms with E-state index in [1.165, 1.54) is 0 Å². The third-order valence-electron chi connectivity index (χ3n) is 4.02. The number of nitrogens with one attached hydrogen (secondary N) is 1. The first-order chi connectivity index (χ1) is 9.76. The first-order valence-corrected chi connectivity index (χ1v) is 7.94. The third-order valence-corrected chi connectivity index (χ3v) is 5.51. The van der Waals surface area contributed by atoms with Crippen LogP contribution >= 0.6 is 27.5 Å². The number of ether oxygens (including phenoxy) is 2. The van der Waals surface area contributed by atoms with Gasteiger partial charge in [-0.25, -0.2) is 4.79 Å². The van der Waals surface area contributed by atoms with Gasteiger partial charge < -0.3 is 14.6 Å². The average Bonchev–Trinajstić information content (AvgIpc) is 3.20. The molecule has 0 aromatic rings. The fraction of sp³-hybridized carbons (Fsp3) is 0.692. The number of hydrogen-bond acceptors (Lipinski definition) is 5. The van der Waals surface area contributed by atoms with Crippen molar-refractivity contribution in [3.63, 3.8) is 0 Å². The molecular formula is C13H17BrClNO5. The molecule has 1 saturated heterocycles. The lowest BCUT2D eigenvalue weighted by molar-refractivity contribution is -0.118. The van der Waals surface area contributed by atoms with Crippen molar-refractivity contribution in [3.8, 4) is 0 Å². The van der Waals surface area contributed by atoms with Gasteiger partial charge in [-0.2, -0.15) is 0 Å². The summed E-state index contributed by atoms with van der Waals surface area (Å²) in [6.45, 7) is 5.98. The molecular weight excluding hydrogens is 366 g/mol. The number of alkyl halides is 2.